The van der Waals surface area contributed by atoms with Gasteiger partial charge >= 0.3 is 0 Å². The van der Waals surface area contributed by atoms with Crippen molar-refractivity contribution in [2.24, 2.45) is 7.05 Å². The molecule has 9 heteroatoms. The zero-order valence-corrected chi connectivity index (χ0v) is 21.9. The third-order valence-corrected chi connectivity index (χ3v) is 7.38. The smallest absolute Gasteiger partial charge is 0.255 e. The number of fused-ring (bicyclic) bond motifs is 2. The van der Waals surface area contributed by atoms with Crippen LogP contribution in [0, 0.1) is 11.3 Å². The molecule has 0 N–H and O–H groups in total. The molecule has 2 aliphatic rings. The van der Waals surface area contributed by atoms with Crippen molar-refractivity contribution in [1.29, 1.82) is 5.26 Å². The maximum absolute atomic E-state index is 12.8. The van der Waals surface area contributed by atoms with Gasteiger partial charge in [0.1, 0.15) is 23.7 Å². The molecular weight excluding hydrogens is 456 g/mol. The number of nitriles is 1. The number of anilines is 1. The number of hydrogen-bond donors (Lipinski definition) is 0. The molecule has 0 aliphatic carbocycles. The van der Waals surface area contributed by atoms with Crippen molar-refractivity contribution in [2.45, 2.75) is 64.8 Å². The largest absolute Gasteiger partial charge is 0.486 e. The monoisotopic (exact) mass is 490 g/mol. The van der Waals surface area contributed by atoms with Crippen LogP contribution in [0.25, 0.3) is 5.65 Å². The summed E-state index contributed by atoms with van der Waals surface area (Å²) in [6, 6.07) is 12.4. The Morgan fingerprint density at radius 3 is 2.69 bits per heavy atom. The average Bonchev–Trinajstić information content (AvgIpc) is 3.25. The van der Waals surface area contributed by atoms with Crippen LogP contribution in [0.5, 0.6) is 11.5 Å². The summed E-state index contributed by atoms with van der Waals surface area (Å²) in [5, 5.41) is 13.8. The second kappa shape index (κ2) is 8.86. The van der Waals surface area contributed by atoms with E-state index in [1.54, 1.807) is 22.2 Å². The summed E-state index contributed by atoms with van der Waals surface area (Å²) in [4.78, 5) is 17.5. The second-order valence-corrected chi connectivity index (χ2v) is 10.7. The predicted octanol–water partition coefficient (Wildman–Crippen LogP) is 3.31. The van der Waals surface area contributed by atoms with Crippen molar-refractivity contribution in [3.63, 3.8) is 0 Å². The number of rotatable bonds is 4. The van der Waals surface area contributed by atoms with Crippen LogP contribution in [0.2, 0.25) is 0 Å². The fourth-order valence-electron chi connectivity index (χ4n) is 5.35. The van der Waals surface area contributed by atoms with Crippen LogP contribution in [-0.2, 0) is 13.5 Å². The van der Waals surface area contributed by atoms with E-state index in [1.165, 1.54) is 5.56 Å². The quantitative estimate of drug-likeness (QED) is 0.554. The number of benzene rings is 1. The highest BCUT2D eigenvalue weighted by molar-refractivity contribution is 5.52. The molecule has 1 aromatic carbocycles. The van der Waals surface area contributed by atoms with Gasteiger partial charge in [-0.2, -0.15) is 10.4 Å². The number of aromatic nitrogens is 3. The maximum Gasteiger partial charge on any atom is 0.255 e. The fourth-order valence-corrected chi connectivity index (χ4v) is 5.35. The van der Waals surface area contributed by atoms with Crippen LogP contribution in [-0.4, -0.2) is 56.5 Å². The molecule has 4 heterocycles. The molecule has 9 nitrogen and oxygen atoms in total. The summed E-state index contributed by atoms with van der Waals surface area (Å²) in [7, 11) is 1.74. The summed E-state index contributed by atoms with van der Waals surface area (Å²) in [5.74, 6) is 2.36. The van der Waals surface area contributed by atoms with E-state index < -0.39 is 0 Å². The van der Waals surface area contributed by atoms with E-state index in [2.05, 4.69) is 53.9 Å². The lowest BCUT2D eigenvalue weighted by Crippen LogP contribution is -2.57. The minimum absolute atomic E-state index is 0.0873. The van der Waals surface area contributed by atoms with Gasteiger partial charge in [-0.05, 0) is 52.3 Å². The molecule has 2 aliphatic heterocycles. The Labute approximate surface area is 211 Å². The van der Waals surface area contributed by atoms with Gasteiger partial charge in [0.05, 0.1) is 18.2 Å². The van der Waals surface area contributed by atoms with E-state index in [1.807, 2.05) is 26.0 Å². The first-order chi connectivity index (χ1) is 17.1. The predicted molar refractivity (Wildman–Crippen MR) is 138 cm³/mol. The molecule has 1 fully saturated rings. The normalized spacial score (nSPS) is 22.4. The van der Waals surface area contributed by atoms with Crippen molar-refractivity contribution < 1.29 is 9.47 Å². The van der Waals surface area contributed by atoms with E-state index in [0.29, 0.717) is 17.9 Å². The van der Waals surface area contributed by atoms with Crippen LogP contribution >= 0.6 is 0 Å². The number of piperazine rings is 1. The molecule has 5 rings (SSSR count). The molecule has 36 heavy (non-hydrogen) atoms. The SMILES string of the molecule is C[C@@H]1CN(c2cc(=O)n(C)c3cc(CC#N)nn23)[C@@H](C)CN1[C@H](C)c1ccc2c(c1)OC(C)(C)CO2. The van der Waals surface area contributed by atoms with Crippen LogP contribution < -0.4 is 19.9 Å². The van der Waals surface area contributed by atoms with Crippen molar-refractivity contribution in [3.8, 4) is 17.6 Å². The van der Waals surface area contributed by atoms with Gasteiger partial charge in [-0.15, -0.1) is 0 Å². The van der Waals surface area contributed by atoms with Gasteiger partial charge in [0, 0.05) is 50.4 Å². The van der Waals surface area contributed by atoms with Gasteiger partial charge in [0.2, 0.25) is 0 Å². The lowest BCUT2D eigenvalue weighted by atomic mass is 10.00. The highest BCUT2D eigenvalue weighted by atomic mass is 16.6. The van der Waals surface area contributed by atoms with E-state index in [0.717, 1.165) is 30.4 Å². The number of aryl methyl sites for hydroxylation is 1. The van der Waals surface area contributed by atoms with Gasteiger partial charge in [-0.1, -0.05) is 6.07 Å². The van der Waals surface area contributed by atoms with Crippen LogP contribution in [0.15, 0.2) is 35.1 Å². The van der Waals surface area contributed by atoms with Gasteiger partial charge in [-0.3, -0.25) is 14.3 Å². The molecule has 0 saturated carbocycles. The molecule has 1 saturated heterocycles. The van der Waals surface area contributed by atoms with Crippen molar-refractivity contribution >= 4 is 11.5 Å². The standard InChI is InChI=1S/C27H34N6O3/c1-17-15-32(25-13-26(34)30(6)24-12-21(9-10-28)29-33(24)25)18(2)14-31(17)19(3)20-7-8-22-23(11-20)36-27(4,5)16-35-22/h7-8,11-13,17-19H,9,14-16H2,1-6H3/t17-,18+,19-/m1/s1. The Bertz CT molecular complexity index is 1400. The second-order valence-electron chi connectivity index (χ2n) is 10.7. The minimum Gasteiger partial charge on any atom is -0.486 e. The maximum atomic E-state index is 12.8. The van der Waals surface area contributed by atoms with Crippen molar-refractivity contribution in [2.75, 3.05) is 24.6 Å². The first-order valence-electron chi connectivity index (χ1n) is 12.5. The van der Waals surface area contributed by atoms with Crippen molar-refractivity contribution in [1.82, 2.24) is 19.1 Å². The molecule has 0 bridgehead atoms. The van der Waals surface area contributed by atoms with Gasteiger partial charge < -0.3 is 14.4 Å². The van der Waals surface area contributed by atoms with E-state index in [4.69, 9.17) is 14.7 Å². The van der Waals surface area contributed by atoms with Crippen LogP contribution in [0.1, 0.15) is 51.9 Å². The van der Waals surface area contributed by atoms with Crippen LogP contribution in [0.3, 0.4) is 0 Å². The third-order valence-electron chi connectivity index (χ3n) is 7.38. The molecule has 3 aromatic rings. The molecule has 3 atom stereocenters. The molecule has 0 radical (unpaired) electrons. The molecule has 2 aromatic heterocycles. The van der Waals surface area contributed by atoms with E-state index in [-0.39, 0.29) is 35.7 Å². The molecule has 190 valence electrons. The Morgan fingerprint density at radius 1 is 1.17 bits per heavy atom. The zero-order chi connectivity index (χ0) is 25.8. The Hall–Kier alpha value is -3.51. The summed E-state index contributed by atoms with van der Waals surface area (Å²) in [6.45, 7) is 12.8. The lowest BCUT2D eigenvalue weighted by molar-refractivity contribution is 0.0209. The Kier molecular flexibility index (Phi) is 5.95. The summed E-state index contributed by atoms with van der Waals surface area (Å²) >= 11 is 0. The summed E-state index contributed by atoms with van der Waals surface area (Å²) in [5.41, 5.74) is 2.11. The average molecular weight is 491 g/mol. The third kappa shape index (κ3) is 4.20. The zero-order valence-electron chi connectivity index (χ0n) is 21.9. The highest BCUT2D eigenvalue weighted by Crippen LogP contribution is 2.39. The highest BCUT2D eigenvalue weighted by Gasteiger charge is 2.35. The van der Waals surface area contributed by atoms with Crippen molar-refractivity contribution in [3.05, 3.63) is 51.9 Å². The molecular formula is C27H34N6O3. The Balaban J connectivity index is 1.42. The number of hydrogen-bond acceptors (Lipinski definition) is 7. The first-order valence-corrected chi connectivity index (χ1v) is 12.5. The first kappa shape index (κ1) is 24.2. The number of nitrogens with zero attached hydrogens (tertiary/aromatic N) is 6. The fraction of sp³-hybridized carbons (Fsp3) is 0.519. The molecule has 0 amide bonds. The van der Waals surface area contributed by atoms with Crippen LogP contribution in [0.4, 0.5) is 5.82 Å². The van der Waals surface area contributed by atoms with Gasteiger partial charge in [0.25, 0.3) is 5.56 Å². The van der Waals surface area contributed by atoms with E-state index >= 15 is 0 Å². The lowest BCUT2D eigenvalue weighted by Gasteiger charge is -2.47. The minimum atomic E-state index is -0.347. The Morgan fingerprint density at radius 2 is 1.94 bits per heavy atom. The number of ether oxygens (including phenoxy) is 2. The van der Waals surface area contributed by atoms with Gasteiger partial charge in [0.15, 0.2) is 11.5 Å². The summed E-state index contributed by atoms with van der Waals surface area (Å²) < 4.78 is 15.5. The molecule has 0 unspecified atom stereocenters. The topological polar surface area (TPSA) is 88.0 Å². The molecule has 0 spiro atoms. The summed E-state index contributed by atoms with van der Waals surface area (Å²) in [6.07, 6.45) is 0.208. The van der Waals surface area contributed by atoms with Gasteiger partial charge in [-0.25, -0.2) is 4.52 Å². The van der Waals surface area contributed by atoms with E-state index in [9.17, 15) is 4.79 Å².